The number of hydrogen-bond acceptors (Lipinski definition) is 4. The van der Waals surface area contributed by atoms with Crippen LogP contribution in [0.25, 0.3) is 0 Å². The molecule has 1 fully saturated rings. The van der Waals surface area contributed by atoms with Crippen molar-refractivity contribution < 1.29 is 18.0 Å². The van der Waals surface area contributed by atoms with E-state index in [1.807, 2.05) is 30.3 Å². The lowest BCUT2D eigenvalue weighted by Crippen LogP contribution is -2.48. The zero-order valence-corrected chi connectivity index (χ0v) is 21.7. The van der Waals surface area contributed by atoms with Crippen molar-refractivity contribution in [3.63, 3.8) is 0 Å². The third-order valence-electron chi connectivity index (χ3n) is 6.14. The van der Waals surface area contributed by atoms with E-state index in [0.29, 0.717) is 25.4 Å². The molecule has 1 unspecified atom stereocenters. The smallest absolute Gasteiger partial charge is 0.242 e. The van der Waals surface area contributed by atoms with Crippen LogP contribution in [0.3, 0.4) is 0 Å². The van der Waals surface area contributed by atoms with Gasteiger partial charge in [-0.3, -0.25) is 9.59 Å². The van der Waals surface area contributed by atoms with Gasteiger partial charge in [0.1, 0.15) is 6.04 Å². The second kappa shape index (κ2) is 12.3. The molecule has 2 aromatic rings. The van der Waals surface area contributed by atoms with Crippen LogP contribution in [-0.2, 0) is 32.6 Å². The molecule has 0 radical (unpaired) electrons. The fourth-order valence-electron chi connectivity index (χ4n) is 3.71. The molecule has 0 heterocycles. The molecule has 1 aliphatic carbocycles. The van der Waals surface area contributed by atoms with Gasteiger partial charge in [0.25, 0.3) is 0 Å². The number of nitrogens with zero attached hydrogens (tertiary/aromatic N) is 1. The number of rotatable bonds is 13. The molecule has 1 atom stereocenters. The Morgan fingerprint density at radius 1 is 0.971 bits per heavy atom. The molecule has 2 N–H and O–H groups in total. The zero-order chi connectivity index (χ0) is 25.4. The number of benzene rings is 2. The molecule has 0 saturated heterocycles. The minimum Gasteiger partial charge on any atom is -0.354 e. The molecule has 1 saturated carbocycles. The van der Waals surface area contributed by atoms with Crippen molar-refractivity contribution in [1.29, 1.82) is 0 Å². The van der Waals surface area contributed by atoms with Gasteiger partial charge in [-0.1, -0.05) is 56.3 Å². The molecule has 3 rings (SSSR count). The molecule has 2 aromatic carbocycles. The SMILES string of the molecule is CC(C)CCNC(=O)C(C)N(Cc1ccccc1)C(=O)CCc1ccc(S(=O)(=O)NC2CC2)cc1. The van der Waals surface area contributed by atoms with E-state index in [2.05, 4.69) is 23.9 Å². The fraction of sp³-hybridized carbons (Fsp3) is 0.481. The molecule has 1 aliphatic rings. The molecule has 0 spiro atoms. The summed E-state index contributed by atoms with van der Waals surface area (Å²) >= 11 is 0. The number of aryl methyl sites for hydroxylation is 1. The van der Waals surface area contributed by atoms with E-state index < -0.39 is 16.1 Å². The molecule has 2 amide bonds. The van der Waals surface area contributed by atoms with Crippen LogP contribution in [0.2, 0.25) is 0 Å². The summed E-state index contributed by atoms with van der Waals surface area (Å²) in [5, 5.41) is 2.95. The molecule has 0 aliphatic heterocycles. The van der Waals surface area contributed by atoms with Gasteiger partial charge in [-0.2, -0.15) is 0 Å². The second-order valence-electron chi connectivity index (χ2n) is 9.70. The van der Waals surface area contributed by atoms with Gasteiger partial charge in [-0.25, -0.2) is 13.1 Å². The lowest BCUT2D eigenvalue weighted by atomic mass is 10.1. The van der Waals surface area contributed by atoms with Crippen molar-refractivity contribution in [3.05, 3.63) is 65.7 Å². The average Bonchev–Trinajstić information content (AvgIpc) is 3.64. The first-order valence-electron chi connectivity index (χ1n) is 12.4. The van der Waals surface area contributed by atoms with Crippen LogP contribution in [0, 0.1) is 5.92 Å². The molecule has 35 heavy (non-hydrogen) atoms. The third-order valence-corrected chi connectivity index (χ3v) is 7.68. The highest BCUT2D eigenvalue weighted by molar-refractivity contribution is 7.89. The van der Waals surface area contributed by atoms with E-state index in [1.165, 1.54) is 0 Å². The Labute approximate surface area is 209 Å². The van der Waals surface area contributed by atoms with Gasteiger partial charge in [0.15, 0.2) is 0 Å². The van der Waals surface area contributed by atoms with E-state index in [4.69, 9.17) is 0 Å². The highest BCUT2D eigenvalue weighted by Crippen LogP contribution is 2.22. The number of nitrogens with one attached hydrogen (secondary N) is 2. The van der Waals surface area contributed by atoms with Gasteiger partial charge in [-0.05, 0) is 61.8 Å². The van der Waals surface area contributed by atoms with Crippen LogP contribution in [0.5, 0.6) is 0 Å². The van der Waals surface area contributed by atoms with Crippen molar-refractivity contribution in [2.45, 2.75) is 76.4 Å². The summed E-state index contributed by atoms with van der Waals surface area (Å²) in [5.41, 5.74) is 1.83. The van der Waals surface area contributed by atoms with Crippen molar-refractivity contribution in [3.8, 4) is 0 Å². The monoisotopic (exact) mass is 499 g/mol. The number of sulfonamides is 1. The first kappa shape index (κ1) is 26.9. The summed E-state index contributed by atoms with van der Waals surface area (Å²) in [6.45, 7) is 6.90. The van der Waals surface area contributed by atoms with Crippen molar-refractivity contribution in [2.75, 3.05) is 6.54 Å². The maximum atomic E-state index is 13.2. The number of carbonyl (C=O) groups excluding carboxylic acids is 2. The van der Waals surface area contributed by atoms with Crippen LogP contribution in [-0.4, -0.2) is 43.8 Å². The van der Waals surface area contributed by atoms with Gasteiger partial charge in [-0.15, -0.1) is 0 Å². The average molecular weight is 500 g/mol. The summed E-state index contributed by atoms with van der Waals surface area (Å²) < 4.78 is 27.4. The summed E-state index contributed by atoms with van der Waals surface area (Å²) in [7, 11) is -3.50. The van der Waals surface area contributed by atoms with Gasteiger partial charge < -0.3 is 10.2 Å². The summed E-state index contributed by atoms with van der Waals surface area (Å²) in [4.78, 5) is 27.9. The maximum Gasteiger partial charge on any atom is 0.242 e. The van der Waals surface area contributed by atoms with Crippen LogP contribution in [0.15, 0.2) is 59.5 Å². The predicted molar refractivity (Wildman–Crippen MR) is 137 cm³/mol. The standard InChI is InChI=1S/C27H37N3O4S/c1-20(2)17-18-28-27(32)21(3)30(19-23-7-5-4-6-8-23)26(31)16-11-22-9-14-25(15-10-22)35(33,34)29-24-12-13-24/h4-10,14-15,20-21,24,29H,11-13,16-19H2,1-3H3,(H,28,32). The molecular weight excluding hydrogens is 462 g/mol. The molecule has 0 aromatic heterocycles. The predicted octanol–water partition coefficient (Wildman–Crippen LogP) is 3.64. The van der Waals surface area contributed by atoms with Crippen LogP contribution < -0.4 is 10.0 Å². The van der Waals surface area contributed by atoms with Crippen molar-refractivity contribution in [1.82, 2.24) is 14.9 Å². The second-order valence-corrected chi connectivity index (χ2v) is 11.4. The van der Waals surface area contributed by atoms with E-state index in [-0.39, 0.29) is 29.2 Å². The lowest BCUT2D eigenvalue weighted by molar-refractivity contribution is -0.140. The minimum atomic E-state index is -3.50. The van der Waals surface area contributed by atoms with Crippen LogP contribution in [0.1, 0.15) is 57.6 Å². The van der Waals surface area contributed by atoms with Crippen molar-refractivity contribution >= 4 is 21.8 Å². The Hall–Kier alpha value is -2.71. The highest BCUT2D eigenvalue weighted by atomic mass is 32.2. The zero-order valence-electron chi connectivity index (χ0n) is 20.9. The van der Waals surface area contributed by atoms with E-state index in [0.717, 1.165) is 30.4 Å². The van der Waals surface area contributed by atoms with Crippen molar-refractivity contribution in [2.24, 2.45) is 5.92 Å². The van der Waals surface area contributed by atoms with Crippen LogP contribution in [0.4, 0.5) is 0 Å². The van der Waals surface area contributed by atoms with E-state index >= 15 is 0 Å². The normalized spacial score (nSPS) is 14.5. The molecule has 190 valence electrons. The van der Waals surface area contributed by atoms with Gasteiger partial charge in [0.05, 0.1) is 4.90 Å². The van der Waals surface area contributed by atoms with E-state index in [9.17, 15) is 18.0 Å². The quantitative estimate of drug-likeness (QED) is 0.440. The summed E-state index contributed by atoms with van der Waals surface area (Å²) in [5.74, 6) is 0.207. The molecule has 8 heteroatoms. The topological polar surface area (TPSA) is 95.6 Å². The Balaban J connectivity index is 1.63. The summed E-state index contributed by atoms with van der Waals surface area (Å²) in [6, 6.07) is 15.7. The molecular formula is C27H37N3O4S. The maximum absolute atomic E-state index is 13.2. The first-order valence-corrected chi connectivity index (χ1v) is 13.9. The Morgan fingerprint density at radius 3 is 2.23 bits per heavy atom. The number of amides is 2. The highest BCUT2D eigenvalue weighted by Gasteiger charge is 2.28. The third kappa shape index (κ3) is 8.47. The molecule has 7 nitrogen and oxygen atoms in total. The Bertz CT molecular complexity index is 1080. The van der Waals surface area contributed by atoms with E-state index in [1.54, 1.807) is 36.1 Å². The number of carbonyl (C=O) groups is 2. The minimum absolute atomic E-state index is 0.0532. The fourth-order valence-corrected chi connectivity index (χ4v) is 5.02. The molecule has 0 bridgehead atoms. The van der Waals surface area contributed by atoms with Crippen LogP contribution >= 0.6 is 0 Å². The van der Waals surface area contributed by atoms with Gasteiger partial charge in [0, 0.05) is 25.6 Å². The van der Waals surface area contributed by atoms with Gasteiger partial charge in [0.2, 0.25) is 21.8 Å². The first-order chi connectivity index (χ1) is 16.7. The summed E-state index contributed by atoms with van der Waals surface area (Å²) in [6.07, 6.45) is 3.33. The Morgan fingerprint density at radius 2 is 1.63 bits per heavy atom. The Kier molecular flexibility index (Phi) is 9.46. The van der Waals surface area contributed by atoms with Gasteiger partial charge >= 0.3 is 0 Å². The largest absolute Gasteiger partial charge is 0.354 e. The lowest BCUT2D eigenvalue weighted by Gasteiger charge is -2.29. The number of hydrogen-bond donors (Lipinski definition) is 2.